The van der Waals surface area contributed by atoms with Crippen LogP contribution in [0.15, 0.2) is 61.2 Å². The van der Waals surface area contributed by atoms with Gasteiger partial charge in [0.1, 0.15) is 30.2 Å². The lowest BCUT2D eigenvalue weighted by Gasteiger charge is -2.39. The molecule has 5 atom stereocenters. The Morgan fingerprint density at radius 2 is 1.61 bits per heavy atom. The van der Waals surface area contributed by atoms with Crippen molar-refractivity contribution in [3.05, 3.63) is 66.8 Å². The second kappa shape index (κ2) is 15.8. The first-order chi connectivity index (χ1) is 16.1. The summed E-state index contributed by atoms with van der Waals surface area (Å²) in [6.07, 6.45) is 14.2. The third-order valence-electron chi connectivity index (χ3n) is 5.74. The summed E-state index contributed by atoms with van der Waals surface area (Å²) >= 11 is 0. The molecule has 1 heterocycles. The van der Waals surface area contributed by atoms with E-state index in [2.05, 4.69) is 30.9 Å². The van der Waals surface area contributed by atoms with E-state index in [1.807, 2.05) is 24.3 Å². The molecular weight excluding hydrogens is 420 g/mol. The van der Waals surface area contributed by atoms with Crippen molar-refractivity contribution in [2.45, 2.75) is 88.5 Å². The van der Waals surface area contributed by atoms with Crippen molar-refractivity contribution in [1.82, 2.24) is 0 Å². The lowest BCUT2D eigenvalue weighted by molar-refractivity contribution is -0.277. The standard InChI is InChI=1S/C27H40O6/c1-2-3-4-5-6-7-8-9-10-11-12-13-14-16-21-17-15-18-22(19-21)32-27-26(31)25(30)24(29)23(20-28)33-27/h2,4-5,7-8,15,17-19,23-31H,1,3,6,9-14,16,20H2/b5-4-,8-7-/t23-,24-,25+,26-,27-/m1/s1. The molecule has 0 aromatic heterocycles. The maximum Gasteiger partial charge on any atom is 0.229 e. The van der Waals surface area contributed by atoms with Crippen molar-refractivity contribution in [2.75, 3.05) is 6.61 Å². The highest BCUT2D eigenvalue weighted by Gasteiger charge is 2.44. The van der Waals surface area contributed by atoms with Gasteiger partial charge in [0.25, 0.3) is 0 Å². The molecule has 6 heteroatoms. The number of benzene rings is 1. The zero-order valence-electron chi connectivity index (χ0n) is 19.5. The van der Waals surface area contributed by atoms with Gasteiger partial charge in [-0.2, -0.15) is 0 Å². The molecule has 6 nitrogen and oxygen atoms in total. The van der Waals surface area contributed by atoms with E-state index in [0.717, 1.165) is 37.7 Å². The van der Waals surface area contributed by atoms with Crippen LogP contribution in [0.3, 0.4) is 0 Å². The Bertz CT molecular complexity index is 729. The number of hydrogen-bond donors (Lipinski definition) is 4. The molecule has 1 aliphatic heterocycles. The van der Waals surface area contributed by atoms with Crippen molar-refractivity contribution >= 4 is 0 Å². The average molecular weight is 461 g/mol. The van der Waals surface area contributed by atoms with Gasteiger partial charge in [-0.1, -0.05) is 61.8 Å². The summed E-state index contributed by atoms with van der Waals surface area (Å²) in [4.78, 5) is 0. The van der Waals surface area contributed by atoms with Crippen molar-refractivity contribution in [2.24, 2.45) is 0 Å². The zero-order valence-corrected chi connectivity index (χ0v) is 19.5. The van der Waals surface area contributed by atoms with Gasteiger partial charge < -0.3 is 29.9 Å². The average Bonchev–Trinajstić information content (AvgIpc) is 2.82. The second-order valence-electron chi connectivity index (χ2n) is 8.47. The van der Waals surface area contributed by atoms with Gasteiger partial charge >= 0.3 is 0 Å². The molecule has 1 aromatic rings. The largest absolute Gasteiger partial charge is 0.462 e. The van der Waals surface area contributed by atoms with Gasteiger partial charge in [0.2, 0.25) is 6.29 Å². The normalized spacial score (nSPS) is 25.6. The summed E-state index contributed by atoms with van der Waals surface area (Å²) in [5.41, 5.74) is 1.13. The minimum Gasteiger partial charge on any atom is -0.462 e. The Kier molecular flexibility index (Phi) is 13.1. The van der Waals surface area contributed by atoms with Crippen LogP contribution in [-0.2, 0) is 11.2 Å². The van der Waals surface area contributed by atoms with Crippen LogP contribution in [0.1, 0.15) is 56.9 Å². The number of ether oxygens (including phenoxy) is 2. The summed E-state index contributed by atoms with van der Waals surface area (Å²) in [7, 11) is 0. The van der Waals surface area contributed by atoms with Gasteiger partial charge in [-0.3, -0.25) is 0 Å². The molecule has 0 amide bonds. The highest BCUT2D eigenvalue weighted by Crippen LogP contribution is 2.25. The molecule has 0 aliphatic carbocycles. The first-order valence-corrected chi connectivity index (χ1v) is 12.0. The molecule has 0 bridgehead atoms. The second-order valence-corrected chi connectivity index (χ2v) is 8.47. The van der Waals surface area contributed by atoms with Crippen LogP contribution in [0.5, 0.6) is 5.75 Å². The number of allylic oxidation sites excluding steroid dienone is 5. The Hall–Kier alpha value is -1.96. The number of unbranched alkanes of at least 4 members (excludes halogenated alkanes) is 5. The zero-order chi connectivity index (χ0) is 23.9. The minimum absolute atomic E-state index is 0.478. The SMILES string of the molecule is C=CC/C=C\C/C=C\CCCCCCCc1cccc(O[C@@H]2O[C@H](CO)[C@@H](O)[C@H](O)[C@H]2O)c1. The van der Waals surface area contributed by atoms with Crippen molar-refractivity contribution in [3.8, 4) is 5.75 Å². The molecule has 1 aliphatic rings. The predicted molar refractivity (Wildman–Crippen MR) is 130 cm³/mol. The predicted octanol–water partition coefficient (Wildman–Crippen LogP) is 3.83. The van der Waals surface area contributed by atoms with E-state index in [1.54, 1.807) is 6.07 Å². The smallest absolute Gasteiger partial charge is 0.229 e. The van der Waals surface area contributed by atoms with Gasteiger partial charge in [0.05, 0.1) is 6.61 Å². The Labute approximate surface area is 197 Å². The third-order valence-corrected chi connectivity index (χ3v) is 5.74. The Morgan fingerprint density at radius 3 is 2.39 bits per heavy atom. The first kappa shape index (κ1) is 27.3. The first-order valence-electron chi connectivity index (χ1n) is 12.0. The highest BCUT2D eigenvalue weighted by molar-refractivity contribution is 5.28. The van der Waals surface area contributed by atoms with Crippen LogP contribution < -0.4 is 4.74 Å². The van der Waals surface area contributed by atoms with Crippen molar-refractivity contribution in [1.29, 1.82) is 0 Å². The molecule has 1 saturated heterocycles. The van der Waals surface area contributed by atoms with Crippen molar-refractivity contribution < 1.29 is 29.9 Å². The van der Waals surface area contributed by atoms with E-state index in [0.29, 0.717) is 5.75 Å². The van der Waals surface area contributed by atoms with E-state index in [-0.39, 0.29) is 0 Å². The van der Waals surface area contributed by atoms with E-state index in [1.165, 1.54) is 25.7 Å². The highest BCUT2D eigenvalue weighted by atomic mass is 16.7. The summed E-state index contributed by atoms with van der Waals surface area (Å²) in [6.45, 7) is 3.22. The topological polar surface area (TPSA) is 99.4 Å². The molecule has 0 radical (unpaired) electrons. The van der Waals surface area contributed by atoms with Crippen LogP contribution in [-0.4, -0.2) is 57.7 Å². The summed E-state index contributed by atoms with van der Waals surface area (Å²) in [5.74, 6) is 0.517. The van der Waals surface area contributed by atoms with Crippen LogP contribution in [0, 0.1) is 0 Å². The minimum atomic E-state index is -1.45. The van der Waals surface area contributed by atoms with Crippen LogP contribution in [0.25, 0.3) is 0 Å². The fourth-order valence-electron chi connectivity index (χ4n) is 3.78. The Morgan fingerprint density at radius 1 is 0.879 bits per heavy atom. The molecule has 0 saturated carbocycles. The molecule has 0 spiro atoms. The van der Waals surface area contributed by atoms with Crippen LogP contribution in [0.4, 0.5) is 0 Å². The fourth-order valence-corrected chi connectivity index (χ4v) is 3.78. The molecule has 33 heavy (non-hydrogen) atoms. The lowest BCUT2D eigenvalue weighted by atomic mass is 9.99. The van der Waals surface area contributed by atoms with E-state index < -0.39 is 37.3 Å². The number of hydrogen-bond acceptors (Lipinski definition) is 6. The monoisotopic (exact) mass is 460 g/mol. The van der Waals surface area contributed by atoms with Gasteiger partial charge in [-0.05, 0) is 56.2 Å². The number of rotatable bonds is 15. The number of aryl methyl sites for hydroxylation is 1. The molecule has 184 valence electrons. The van der Waals surface area contributed by atoms with Crippen LogP contribution >= 0.6 is 0 Å². The van der Waals surface area contributed by atoms with E-state index in [4.69, 9.17) is 9.47 Å². The van der Waals surface area contributed by atoms with Crippen LogP contribution in [0.2, 0.25) is 0 Å². The Balaban J connectivity index is 1.64. The molecule has 4 N–H and O–H groups in total. The molecule has 1 aromatic carbocycles. The molecule has 1 fully saturated rings. The number of aliphatic hydroxyl groups is 4. The summed E-state index contributed by atoms with van der Waals surface area (Å²) in [5, 5.41) is 39.2. The van der Waals surface area contributed by atoms with Gasteiger partial charge in [-0.25, -0.2) is 0 Å². The molecule has 2 rings (SSSR count). The van der Waals surface area contributed by atoms with Gasteiger partial charge in [-0.15, -0.1) is 6.58 Å². The van der Waals surface area contributed by atoms with Gasteiger partial charge in [0.15, 0.2) is 0 Å². The van der Waals surface area contributed by atoms with Gasteiger partial charge in [0, 0.05) is 0 Å². The van der Waals surface area contributed by atoms with Crippen molar-refractivity contribution in [3.63, 3.8) is 0 Å². The molecule has 0 unspecified atom stereocenters. The van der Waals surface area contributed by atoms with E-state index in [9.17, 15) is 20.4 Å². The number of aliphatic hydroxyl groups excluding tert-OH is 4. The molecular formula is C27H40O6. The fraction of sp³-hybridized carbons (Fsp3) is 0.556. The van der Waals surface area contributed by atoms with E-state index >= 15 is 0 Å². The lowest BCUT2D eigenvalue weighted by Crippen LogP contribution is -2.60. The summed E-state index contributed by atoms with van der Waals surface area (Å²) < 4.78 is 11.1. The summed E-state index contributed by atoms with van der Waals surface area (Å²) in [6, 6.07) is 7.57. The third kappa shape index (κ3) is 9.82. The quantitative estimate of drug-likeness (QED) is 0.235. The maximum absolute atomic E-state index is 10.1. The maximum atomic E-state index is 10.1.